The molecule has 0 heterocycles. The van der Waals surface area contributed by atoms with Gasteiger partial charge in [0.1, 0.15) is 6.34 Å². The van der Waals surface area contributed by atoms with E-state index in [1.165, 1.54) is 25.4 Å². The minimum atomic E-state index is -0.491. The molecule has 0 fully saturated rings. The second-order valence-electron chi connectivity index (χ2n) is 2.06. The summed E-state index contributed by atoms with van der Waals surface area (Å²) in [6.45, 7) is 2.12. The van der Waals surface area contributed by atoms with Crippen LogP contribution in [0.5, 0.6) is 0 Å². The predicted octanol–water partition coefficient (Wildman–Crippen LogP) is 1.82. The maximum absolute atomic E-state index is 10.5. The van der Waals surface area contributed by atoms with Gasteiger partial charge in [-0.25, -0.2) is 9.19 Å². The van der Waals surface area contributed by atoms with E-state index in [1.54, 1.807) is 0 Å². The maximum atomic E-state index is 10.5. The largest absolute Gasteiger partial charge is 0.453 e. The van der Waals surface area contributed by atoms with Crippen molar-refractivity contribution in [1.29, 1.82) is 0 Å². The summed E-state index contributed by atoms with van der Waals surface area (Å²) in [5.74, 6) is 0.982. The van der Waals surface area contributed by atoms with Crippen LogP contribution in [-0.2, 0) is 4.74 Å². The van der Waals surface area contributed by atoms with Gasteiger partial charge in [-0.1, -0.05) is 13.3 Å². The Morgan fingerprint density at radius 2 is 2.50 bits per heavy atom. The molecule has 0 unspecified atom stereocenters. The summed E-state index contributed by atoms with van der Waals surface area (Å²) in [6, 6.07) is 0. The van der Waals surface area contributed by atoms with Crippen LogP contribution in [0, 0.1) is 0 Å². The molecular formula is C7H14N2O2S. The molecule has 0 aliphatic rings. The van der Waals surface area contributed by atoms with Crippen LogP contribution >= 0.6 is 11.9 Å². The van der Waals surface area contributed by atoms with Crippen molar-refractivity contribution in [2.45, 2.75) is 19.8 Å². The second kappa shape index (κ2) is 8.39. The summed E-state index contributed by atoms with van der Waals surface area (Å²) in [5.41, 5.74) is 0. The van der Waals surface area contributed by atoms with Gasteiger partial charge < -0.3 is 4.74 Å². The number of alkyl carbamates (subject to hydrolysis) is 1. The number of methoxy groups -OCH3 is 1. The van der Waals surface area contributed by atoms with Crippen LogP contribution in [0.1, 0.15) is 19.8 Å². The van der Waals surface area contributed by atoms with Gasteiger partial charge in [0.25, 0.3) is 0 Å². The molecule has 70 valence electrons. The molecule has 0 bridgehead atoms. The lowest BCUT2D eigenvalue weighted by molar-refractivity contribution is 0.177. The first-order valence-corrected chi connectivity index (χ1v) is 4.73. The van der Waals surface area contributed by atoms with Crippen LogP contribution in [0.25, 0.3) is 0 Å². The highest BCUT2D eigenvalue weighted by molar-refractivity contribution is 7.98. The van der Waals surface area contributed by atoms with E-state index in [9.17, 15) is 4.79 Å². The number of carbonyl (C=O) groups is 1. The van der Waals surface area contributed by atoms with Crippen molar-refractivity contribution in [2.75, 3.05) is 12.9 Å². The summed E-state index contributed by atoms with van der Waals surface area (Å²) in [4.78, 5) is 10.5. The zero-order valence-corrected chi connectivity index (χ0v) is 8.19. The molecule has 0 atom stereocenters. The van der Waals surface area contributed by atoms with Crippen LogP contribution in [-0.4, -0.2) is 25.3 Å². The third-order valence-corrected chi connectivity index (χ3v) is 1.81. The Bertz CT molecular complexity index is 150. The fourth-order valence-electron chi connectivity index (χ4n) is 0.437. The molecule has 0 aliphatic carbocycles. The Kier molecular flexibility index (Phi) is 7.89. The highest BCUT2D eigenvalue weighted by atomic mass is 32.2. The van der Waals surface area contributed by atoms with Crippen molar-refractivity contribution < 1.29 is 9.53 Å². The highest BCUT2D eigenvalue weighted by Crippen LogP contribution is 2.03. The molecule has 12 heavy (non-hydrogen) atoms. The lowest BCUT2D eigenvalue weighted by Crippen LogP contribution is -2.20. The van der Waals surface area contributed by atoms with Crippen LogP contribution < -0.4 is 5.32 Å². The van der Waals surface area contributed by atoms with Crippen molar-refractivity contribution >= 4 is 24.4 Å². The number of ether oxygens (including phenoxy) is 1. The SMILES string of the molecule is CCCCS/N=C/NC(=O)OC. The van der Waals surface area contributed by atoms with Gasteiger partial charge in [-0.05, 0) is 18.4 Å². The van der Waals surface area contributed by atoms with Gasteiger partial charge in [0, 0.05) is 5.75 Å². The average molecular weight is 190 g/mol. The molecule has 4 nitrogen and oxygen atoms in total. The summed E-state index contributed by atoms with van der Waals surface area (Å²) in [6.07, 6.45) is 3.15. The lowest BCUT2D eigenvalue weighted by Gasteiger charge is -1.94. The monoisotopic (exact) mass is 190 g/mol. The van der Waals surface area contributed by atoms with Crippen LogP contribution in [0.15, 0.2) is 4.40 Å². The third kappa shape index (κ3) is 7.40. The molecule has 0 aliphatic heterocycles. The van der Waals surface area contributed by atoms with Crippen molar-refractivity contribution in [1.82, 2.24) is 5.32 Å². The summed E-state index contributed by atoms with van der Waals surface area (Å²) >= 11 is 1.43. The Labute approximate surface area is 76.9 Å². The fourth-order valence-corrected chi connectivity index (χ4v) is 1.09. The first-order valence-electron chi connectivity index (χ1n) is 3.79. The molecule has 0 saturated heterocycles. The molecule has 1 N–H and O–H groups in total. The predicted molar refractivity (Wildman–Crippen MR) is 51.4 cm³/mol. The van der Waals surface area contributed by atoms with E-state index < -0.39 is 6.09 Å². The van der Waals surface area contributed by atoms with Gasteiger partial charge in [0.05, 0.1) is 7.11 Å². The molecule has 0 aromatic heterocycles. The summed E-state index contributed by atoms with van der Waals surface area (Å²) in [7, 11) is 1.31. The third-order valence-electron chi connectivity index (χ3n) is 1.08. The first kappa shape index (κ1) is 11.3. The summed E-state index contributed by atoms with van der Waals surface area (Å²) < 4.78 is 8.20. The number of unbranched alkanes of at least 4 members (excludes halogenated alkanes) is 1. The van der Waals surface area contributed by atoms with E-state index in [4.69, 9.17) is 0 Å². The van der Waals surface area contributed by atoms with Crippen LogP contribution in [0.3, 0.4) is 0 Å². The quantitative estimate of drug-likeness (QED) is 0.311. The number of carbonyl (C=O) groups excluding carboxylic acids is 1. The molecule has 0 saturated carbocycles. The van der Waals surface area contributed by atoms with Crippen LogP contribution in [0.2, 0.25) is 0 Å². The molecule has 1 amide bonds. The number of nitrogens with one attached hydrogen (secondary N) is 1. The van der Waals surface area contributed by atoms with Gasteiger partial charge in [0.15, 0.2) is 0 Å². The van der Waals surface area contributed by atoms with E-state index >= 15 is 0 Å². The van der Waals surface area contributed by atoms with E-state index in [0.29, 0.717) is 0 Å². The number of nitrogens with zero attached hydrogens (tertiary/aromatic N) is 1. The first-order chi connectivity index (χ1) is 5.81. The average Bonchev–Trinajstić information content (AvgIpc) is 2.10. The molecule has 0 aromatic carbocycles. The highest BCUT2D eigenvalue weighted by Gasteiger charge is 1.91. The molecule has 0 radical (unpaired) electrons. The topological polar surface area (TPSA) is 50.7 Å². The number of hydrogen-bond acceptors (Lipinski definition) is 4. The Hall–Kier alpha value is -0.710. The van der Waals surface area contributed by atoms with Crippen molar-refractivity contribution in [2.24, 2.45) is 4.40 Å². The van der Waals surface area contributed by atoms with Gasteiger partial charge in [-0.3, -0.25) is 5.32 Å². The van der Waals surface area contributed by atoms with Crippen molar-refractivity contribution in [3.05, 3.63) is 0 Å². The van der Waals surface area contributed by atoms with E-state index in [1.807, 2.05) is 0 Å². The second-order valence-corrected chi connectivity index (χ2v) is 2.93. The maximum Gasteiger partial charge on any atom is 0.412 e. The fraction of sp³-hybridized carbons (Fsp3) is 0.714. The zero-order valence-electron chi connectivity index (χ0n) is 7.37. The van der Waals surface area contributed by atoms with Gasteiger partial charge in [-0.2, -0.15) is 0 Å². The molecule has 5 heteroatoms. The van der Waals surface area contributed by atoms with Gasteiger partial charge >= 0.3 is 6.09 Å². The van der Waals surface area contributed by atoms with Gasteiger partial charge in [-0.15, -0.1) is 0 Å². The standard InChI is InChI=1S/C7H14N2O2S/c1-3-4-5-12-9-6-8-7(10)11-2/h6H,3-5H2,1-2H3,(H,8,9,10). The normalized spacial score (nSPS) is 10.2. The van der Waals surface area contributed by atoms with Crippen molar-refractivity contribution in [3.8, 4) is 0 Å². The minimum absolute atomic E-state index is 0.491. The Morgan fingerprint density at radius 3 is 3.08 bits per heavy atom. The Balaban J connectivity index is 3.19. The van der Waals surface area contributed by atoms with Crippen LogP contribution in [0.4, 0.5) is 4.79 Å². The summed E-state index contributed by atoms with van der Waals surface area (Å²) in [5, 5.41) is 2.34. The molecule has 0 aromatic rings. The number of hydrogen-bond donors (Lipinski definition) is 1. The molecular weight excluding hydrogens is 176 g/mol. The lowest BCUT2D eigenvalue weighted by atomic mass is 10.4. The number of amides is 1. The zero-order chi connectivity index (χ0) is 9.23. The van der Waals surface area contributed by atoms with E-state index in [-0.39, 0.29) is 0 Å². The minimum Gasteiger partial charge on any atom is -0.453 e. The van der Waals surface area contributed by atoms with E-state index in [0.717, 1.165) is 18.6 Å². The molecule has 0 rings (SSSR count). The van der Waals surface area contributed by atoms with Gasteiger partial charge in [0.2, 0.25) is 0 Å². The smallest absolute Gasteiger partial charge is 0.412 e. The van der Waals surface area contributed by atoms with E-state index in [2.05, 4.69) is 21.4 Å². The van der Waals surface area contributed by atoms with Crippen molar-refractivity contribution in [3.63, 3.8) is 0 Å². The molecule has 0 spiro atoms. The Morgan fingerprint density at radius 1 is 1.75 bits per heavy atom. The number of rotatable bonds is 5.